The van der Waals surface area contributed by atoms with Crippen LogP contribution in [0.3, 0.4) is 0 Å². The van der Waals surface area contributed by atoms with E-state index in [0.29, 0.717) is 0 Å². The molecular formula is C70H58O18S2. The van der Waals surface area contributed by atoms with Gasteiger partial charge in [-0.2, -0.15) is 0 Å². The molecule has 10 rings (SSSR count). The minimum Gasteiger partial charge on any atom is -0.459 e. The van der Waals surface area contributed by atoms with Crippen molar-refractivity contribution < 1.29 is 85.7 Å². The van der Waals surface area contributed by atoms with Crippen LogP contribution in [0.5, 0.6) is 0 Å². The molecule has 0 N–H and O–H groups in total. The maximum Gasteiger partial charge on any atom is 0.338 e. The van der Waals surface area contributed by atoms with Crippen molar-refractivity contribution in [3.63, 3.8) is 0 Å². The van der Waals surface area contributed by atoms with Gasteiger partial charge in [-0.3, -0.25) is 0 Å². The van der Waals surface area contributed by atoms with Crippen LogP contribution < -0.4 is 0 Å². The molecule has 20 heteroatoms. The second kappa shape index (κ2) is 31.4. The molecule has 2 saturated heterocycles. The Balaban J connectivity index is 1.01. The quantitative estimate of drug-likeness (QED) is 0.0329. The van der Waals surface area contributed by atoms with Crippen LogP contribution >= 0.6 is 23.5 Å². The summed E-state index contributed by atoms with van der Waals surface area (Å²) in [5.74, 6) is -6.62. The van der Waals surface area contributed by atoms with Crippen LogP contribution in [0.4, 0.5) is 0 Å². The highest BCUT2D eigenvalue weighted by molar-refractivity contribution is 8.03. The zero-order valence-corrected chi connectivity index (χ0v) is 49.5. The van der Waals surface area contributed by atoms with Gasteiger partial charge >= 0.3 is 47.8 Å². The lowest BCUT2D eigenvalue weighted by molar-refractivity contribution is -0.207. The summed E-state index contributed by atoms with van der Waals surface area (Å²) in [7, 11) is 0. The topological polar surface area (TPSA) is 229 Å². The van der Waals surface area contributed by atoms with Gasteiger partial charge in [0.15, 0.2) is 36.6 Å². The Morgan fingerprint density at radius 1 is 0.256 bits per heavy atom. The van der Waals surface area contributed by atoms with Crippen LogP contribution in [0.25, 0.3) is 0 Å². The number of carbonyl (C=O) groups excluding carboxylic acids is 8. The van der Waals surface area contributed by atoms with E-state index in [-0.39, 0.29) is 56.0 Å². The van der Waals surface area contributed by atoms with Crippen molar-refractivity contribution >= 4 is 71.3 Å². The number of ether oxygens (including phenoxy) is 10. The summed E-state index contributed by atoms with van der Waals surface area (Å²) in [6.07, 6.45) is -12.4. The molecule has 18 nitrogen and oxygen atoms in total. The van der Waals surface area contributed by atoms with Crippen LogP contribution in [-0.2, 0) is 47.4 Å². The summed E-state index contributed by atoms with van der Waals surface area (Å²) >= 11 is 2.14. The van der Waals surface area contributed by atoms with Gasteiger partial charge < -0.3 is 47.4 Å². The molecule has 0 amide bonds. The van der Waals surface area contributed by atoms with Crippen molar-refractivity contribution in [1.29, 1.82) is 0 Å². The Labute approximate surface area is 526 Å². The maximum atomic E-state index is 14.3. The first kappa shape index (κ1) is 63.2. The third kappa shape index (κ3) is 16.6. The van der Waals surface area contributed by atoms with E-state index in [0.717, 1.165) is 23.5 Å². The molecule has 90 heavy (non-hydrogen) atoms. The first-order chi connectivity index (χ1) is 44.0. The third-order valence-electron chi connectivity index (χ3n) is 14.1. The van der Waals surface area contributed by atoms with E-state index in [1.54, 1.807) is 170 Å². The van der Waals surface area contributed by atoms with E-state index in [9.17, 15) is 38.4 Å². The largest absolute Gasteiger partial charge is 0.459 e. The van der Waals surface area contributed by atoms with Gasteiger partial charge in [-0.25, -0.2) is 38.4 Å². The molecule has 0 unspecified atom stereocenters. The lowest BCUT2D eigenvalue weighted by atomic mass is 9.98. The van der Waals surface area contributed by atoms with Crippen LogP contribution in [0, 0.1) is 0 Å². The summed E-state index contributed by atoms with van der Waals surface area (Å²) < 4.78 is 63.0. The molecule has 0 saturated carbocycles. The fraction of sp³-hybridized carbons (Fsp3) is 0.200. The first-order valence-corrected chi connectivity index (χ1v) is 30.6. The first-order valence-electron chi connectivity index (χ1n) is 28.5. The number of hydrogen-bond acceptors (Lipinski definition) is 20. The summed E-state index contributed by atoms with van der Waals surface area (Å²) in [5, 5.41) is 0. The number of carbonyl (C=O) groups is 8. The van der Waals surface area contributed by atoms with Crippen molar-refractivity contribution in [3.8, 4) is 0 Å². The highest BCUT2D eigenvalue weighted by Crippen LogP contribution is 2.39. The zero-order valence-electron chi connectivity index (χ0n) is 47.9. The molecule has 8 aromatic carbocycles. The van der Waals surface area contributed by atoms with E-state index in [2.05, 4.69) is 0 Å². The lowest BCUT2D eigenvalue weighted by Gasteiger charge is -2.45. The monoisotopic (exact) mass is 1250 g/mol. The molecule has 10 atom stereocenters. The minimum atomic E-state index is -1.64. The second-order valence-electron chi connectivity index (χ2n) is 20.2. The number of benzene rings is 8. The zero-order chi connectivity index (χ0) is 62.6. The molecule has 0 bridgehead atoms. The third-order valence-corrected chi connectivity index (χ3v) is 16.7. The molecule has 0 aliphatic carbocycles. The van der Waals surface area contributed by atoms with Gasteiger partial charge in [0.05, 0.1) is 44.5 Å². The van der Waals surface area contributed by atoms with Crippen LogP contribution in [0.1, 0.15) is 82.9 Å². The average Bonchev–Trinajstić information content (AvgIpc) is 1.10. The molecule has 8 aromatic rings. The van der Waals surface area contributed by atoms with Crippen molar-refractivity contribution in [3.05, 3.63) is 287 Å². The Morgan fingerprint density at radius 3 is 0.667 bits per heavy atom. The summed E-state index contributed by atoms with van der Waals surface area (Å²) in [4.78, 5) is 113. The van der Waals surface area contributed by atoms with E-state index < -0.39 is 121 Å². The van der Waals surface area contributed by atoms with Gasteiger partial charge in [0.2, 0.25) is 0 Å². The number of hydrogen-bond donors (Lipinski definition) is 0. The van der Waals surface area contributed by atoms with Crippen LogP contribution in [0.15, 0.2) is 243 Å². The van der Waals surface area contributed by atoms with Crippen molar-refractivity contribution in [2.45, 2.75) is 59.7 Å². The van der Waals surface area contributed by atoms with Gasteiger partial charge in [0.1, 0.15) is 36.3 Å². The van der Waals surface area contributed by atoms with Crippen molar-refractivity contribution in [1.82, 2.24) is 0 Å². The van der Waals surface area contributed by atoms with Crippen molar-refractivity contribution in [2.24, 2.45) is 0 Å². The number of thioether (sulfide) groups is 2. The van der Waals surface area contributed by atoms with E-state index in [4.69, 9.17) is 47.4 Å². The highest BCUT2D eigenvalue weighted by atomic mass is 32.2. The van der Waals surface area contributed by atoms with E-state index in [1.807, 2.05) is 0 Å². The minimum absolute atomic E-state index is 0.0484. The molecule has 458 valence electrons. The standard InChI is InChI=1S/C70H58O18S2/c71-61(45-25-9-1-10-26-45)79-43-53-55(83-63(73)47-29-13-3-14-30-47)57(85-65(75)49-33-17-5-18-34-49)59(87-67(77)51-37-21-7-22-38-51)69(81-53)89-41-42-90-70-60(88-68(78)52-39-23-8-24-40-52)58(86-66(76)50-35-19-6-20-36-50)56(84-64(74)48-31-15-4-16-32-48)54(82-70)44-80-62(72)46-27-11-2-12-28-46/h1-40,53-60,69-70H,41-44H2/t53-,54-,55-,56-,57+,58+,59-,60-,69+,70+/m1/s1. The highest BCUT2D eigenvalue weighted by Gasteiger charge is 2.55. The average molecular weight is 1250 g/mol. The summed E-state index contributed by atoms with van der Waals surface area (Å²) in [6, 6.07) is 64.2. The molecule has 2 fully saturated rings. The van der Waals surface area contributed by atoms with Crippen LogP contribution in [-0.4, -0.2) is 132 Å². The Hall–Kier alpha value is -9.86. The lowest BCUT2D eigenvalue weighted by Crippen LogP contribution is -2.62. The van der Waals surface area contributed by atoms with Crippen molar-refractivity contribution in [2.75, 3.05) is 24.7 Å². The Morgan fingerprint density at radius 2 is 0.444 bits per heavy atom. The van der Waals surface area contributed by atoms with Crippen LogP contribution in [0.2, 0.25) is 0 Å². The molecule has 2 aliphatic rings. The second-order valence-corrected chi connectivity index (χ2v) is 22.6. The molecule has 2 aliphatic heterocycles. The van der Waals surface area contributed by atoms with Gasteiger partial charge in [0.25, 0.3) is 0 Å². The predicted molar refractivity (Wildman–Crippen MR) is 330 cm³/mol. The van der Waals surface area contributed by atoms with Gasteiger partial charge in [-0.15, -0.1) is 23.5 Å². The molecule has 0 spiro atoms. The van der Waals surface area contributed by atoms with Gasteiger partial charge in [-0.05, 0) is 97.1 Å². The fourth-order valence-electron chi connectivity index (χ4n) is 9.65. The Kier molecular flexibility index (Phi) is 22.0. The molecule has 0 aromatic heterocycles. The normalized spacial score (nSPS) is 21.0. The Bertz CT molecular complexity index is 3440. The maximum absolute atomic E-state index is 14.3. The predicted octanol–water partition coefficient (Wildman–Crippen LogP) is 11.0. The fourth-order valence-corrected chi connectivity index (χ4v) is 12.1. The molecular weight excluding hydrogens is 1190 g/mol. The summed E-state index contributed by atoms with van der Waals surface area (Å²) in [5.41, 5.74) is -1.54. The molecule has 2 heterocycles. The molecule has 0 radical (unpaired) electrons. The van der Waals surface area contributed by atoms with Gasteiger partial charge in [-0.1, -0.05) is 146 Å². The van der Waals surface area contributed by atoms with E-state index >= 15 is 0 Å². The van der Waals surface area contributed by atoms with Gasteiger partial charge in [0, 0.05) is 11.5 Å². The number of rotatable bonds is 23. The smallest absolute Gasteiger partial charge is 0.338 e. The number of esters is 8. The van der Waals surface area contributed by atoms with E-state index in [1.165, 1.54) is 72.8 Å². The summed E-state index contributed by atoms with van der Waals surface area (Å²) in [6.45, 7) is -1.13. The SMILES string of the molecule is O=C(OC[C@H]1O[C@@H](SCCS[C@@H]2O[C@H](COC(=O)c3ccccc3)[C@@H](OC(=O)c3ccccc3)[C@H](OC(=O)c3ccccc3)[C@H]2OC(=O)c2ccccc2)[C@H](OC(=O)c2ccccc2)[C@@H](OC(=O)c2ccccc2)[C@@H]1OC(=O)c1ccccc1)c1ccccc1.